The van der Waals surface area contributed by atoms with Crippen LogP contribution in [0.2, 0.25) is 0 Å². The Balaban J connectivity index is 1.63. The lowest BCUT2D eigenvalue weighted by Crippen LogP contribution is -2.26. The lowest BCUT2D eigenvalue weighted by molar-refractivity contribution is 0.0939. The minimum Gasteiger partial charge on any atom is -0.345 e. The van der Waals surface area contributed by atoms with Crippen LogP contribution in [0.3, 0.4) is 0 Å². The highest BCUT2D eigenvalue weighted by atomic mass is 32.1. The van der Waals surface area contributed by atoms with Gasteiger partial charge in [-0.1, -0.05) is 37.3 Å². The van der Waals surface area contributed by atoms with Crippen molar-refractivity contribution in [2.24, 2.45) is 0 Å². The Morgan fingerprint density at radius 2 is 2.09 bits per heavy atom. The average Bonchev–Trinajstić information content (AvgIpc) is 3.23. The van der Waals surface area contributed by atoms with Crippen LogP contribution in [0.15, 0.2) is 48.0 Å². The van der Waals surface area contributed by atoms with Crippen LogP contribution >= 0.6 is 11.3 Å². The summed E-state index contributed by atoms with van der Waals surface area (Å²) in [5.41, 5.74) is 2.55. The summed E-state index contributed by atoms with van der Waals surface area (Å²) in [6.07, 6.45) is 2.59. The molecular formula is C17H18N4OS. The summed E-state index contributed by atoms with van der Waals surface area (Å²) >= 11 is 1.58. The molecule has 0 unspecified atom stereocenters. The zero-order valence-corrected chi connectivity index (χ0v) is 13.7. The van der Waals surface area contributed by atoms with E-state index >= 15 is 0 Å². The Kier molecular flexibility index (Phi) is 4.83. The van der Waals surface area contributed by atoms with Crippen LogP contribution < -0.4 is 5.32 Å². The highest BCUT2D eigenvalue weighted by Gasteiger charge is 2.12. The normalized spacial score (nSPS) is 10.7. The van der Waals surface area contributed by atoms with E-state index in [0.717, 1.165) is 29.2 Å². The van der Waals surface area contributed by atoms with Gasteiger partial charge in [0.1, 0.15) is 10.7 Å². The van der Waals surface area contributed by atoms with E-state index in [1.807, 2.05) is 35.7 Å². The van der Waals surface area contributed by atoms with Gasteiger partial charge >= 0.3 is 0 Å². The van der Waals surface area contributed by atoms with E-state index < -0.39 is 0 Å². The Morgan fingerprint density at radius 1 is 1.26 bits per heavy atom. The van der Waals surface area contributed by atoms with E-state index in [2.05, 4.69) is 22.3 Å². The third-order valence-electron chi connectivity index (χ3n) is 3.39. The number of benzene rings is 1. The molecule has 23 heavy (non-hydrogen) atoms. The molecule has 118 valence electrons. The molecule has 0 atom stereocenters. The summed E-state index contributed by atoms with van der Waals surface area (Å²) in [5.74, 6) is -0.120. The zero-order chi connectivity index (χ0) is 16.1. The number of carbonyl (C=O) groups excluding carboxylic acids is 1. The third kappa shape index (κ3) is 3.65. The van der Waals surface area contributed by atoms with E-state index in [4.69, 9.17) is 0 Å². The molecule has 2 heterocycles. The maximum Gasteiger partial charge on any atom is 0.269 e. The monoisotopic (exact) mass is 326 g/mol. The van der Waals surface area contributed by atoms with Crippen LogP contribution in [0.5, 0.6) is 0 Å². The highest BCUT2D eigenvalue weighted by molar-refractivity contribution is 7.13. The van der Waals surface area contributed by atoms with Crippen molar-refractivity contribution in [1.82, 2.24) is 20.1 Å². The summed E-state index contributed by atoms with van der Waals surface area (Å²) in [6, 6.07) is 11.8. The van der Waals surface area contributed by atoms with Gasteiger partial charge in [0.2, 0.25) is 0 Å². The summed E-state index contributed by atoms with van der Waals surface area (Å²) < 4.78 is 1.73. The highest BCUT2D eigenvalue weighted by Crippen LogP contribution is 2.23. The van der Waals surface area contributed by atoms with Crippen LogP contribution in [-0.2, 0) is 13.1 Å². The molecule has 0 aliphatic heterocycles. The summed E-state index contributed by atoms with van der Waals surface area (Å²) in [6.45, 7) is 3.22. The second-order valence-corrected chi connectivity index (χ2v) is 5.99. The first kappa shape index (κ1) is 15.4. The van der Waals surface area contributed by atoms with E-state index in [1.54, 1.807) is 28.3 Å². The fraction of sp³-hybridized carbons (Fsp3) is 0.235. The van der Waals surface area contributed by atoms with Gasteiger partial charge in [-0.3, -0.25) is 9.48 Å². The van der Waals surface area contributed by atoms with Crippen molar-refractivity contribution in [2.75, 3.05) is 0 Å². The second-order valence-electron chi connectivity index (χ2n) is 5.13. The van der Waals surface area contributed by atoms with Crippen LogP contribution in [0.4, 0.5) is 0 Å². The standard InChI is InChI=1S/C17H18N4OS/c1-2-10-21-15(8-9-19-21)16(22)18-11-14-12-23-17(20-14)13-6-4-3-5-7-13/h3-9,12H,2,10-11H2,1H3,(H,18,22). The van der Waals surface area contributed by atoms with Gasteiger partial charge in [0.05, 0.1) is 12.2 Å². The molecule has 3 aromatic rings. The number of carbonyl (C=O) groups is 1. The fourth-order valence-electron chi connectivity index (χ4n) is 2.28. The Morgan fingerprint density at radius 3 is 2.87 bits per heavy atom. The first-order valence-electron chi connectivity index (χ1n) is 7.57. The molecule has 0 saturated carbocycles. The Bertz CT molecular complexity index is 779. The van der Waals surface area contributed by atoms with Crippen molar-refractivity contribution in [3.8, 4) is 10.6 Å². The number of thiazole rings is 1. The maximum absolute atomic E-state index is 12.3. The summed E-state index contributed by atoms with van der Waals surface area (Å²) in [4.78, 5) is 16.8. The summed E-state index contributed by atoms with van der Waals surface area (Å²) in [7, 11) is 0. The lowest BCUT2D eigenvalue weighted by atomic mass is 10.2. The van der Waals surface area contributed by atoms with Crippen LogP contribution in [0.25, 0.3) is 10.6 Å². The molecule has 0 saturated heterocycles. The lowest BCUT2D eigenvalue weighted by Gasteiger charge is -2.06. The largest absolute Gasteiger partial charge is 0.345 e. The van der Waals surface area contributed by atoms with Gasteiger partial charge in [0.25, 0.3) is 5.91 Å². The van der Waals surface area contributed by atoms with Crippen molar-refractivity contribution < 1.29 is 4.79 Å². The topological polar surface area (TPSA) is 59.8 Å². The van der Waals surface area contributed by atoms with Gasteiger partial charge in [0, 0.05) is 23.7 Å². The molecule has 1 amide bonds. The molecule has 2 aromatic heterocycles. The smallest absolute Gasteiger partial charge is 0.269 e. The molecule has 0 bridgehead atoms. The molecule has 0 aliphatic rings. The van der Waals surface area contributed by atoms with Crippen molar-refractivity contribution in [3.05, 3.63) is 59.4 Å². The zero-order valence-electron chi connectivity index (χ0n) is 12.9. The van der Waals surface area contributed by atoms with Crippen LogP contribution in [-0.4, -0.2) is 20.7 Å². The maximum atomic E-state index is 12.3. The van der Waals surface area contributed by atoms with Crippen molar-refractivity contribution in [3.63, 3.8) is 0 Å². The molecule has 0 spiro atoms. The van der Waals surface area contributed by atoms with Gasteiger partial charge < -0.3 is 5.32 Å². The predicted octanol–water partition coefficient (Wildman–Crippen LogP) is 3.35. The number of nitrogens with zero attached hydrogens (tertiary/aromatic N) is 3. The number of rotatable bonds is 6. The molecule has 1 aromatic carbocycles. The van der Waals surface area contributed by atoms with Gasteiger partial charge in [-0.25, -0.2) is 4.98 Å². The average molecular weight is 326 g/mol. The Hall–Kier alpha value is -2.47. The van der Waals surface area contributed by atoms with Gasteiger partial charge in [0.15, 0.2) is 0 Å². The van der Waals surface area contributed by atoms with E-state index in [1.165, 1.54) is 0 Å². The van der Waals surface area contributed by atoms with Crippen molar-refractivity contribution in [2.45, 2.75) is 26.4 Å². The first-order valence-corrected chi connectivity index (χ1v) is 8.45. The van der Waals surface area contributed by atoms with Crippen molar-refractivity contribution in [1.29, 1.82) is 0 Å². The quantitative estimate of drug-likeness (QED) is 0.756. The number of amides is 1. The molecule has 1 N–H and O–H groups in total. The number of aryl methyl sites for hydroxylation is 1. The van der Waals surface area contributed by atoms with E-state index in [9.17, 15) is 4.79 Å². The fourth-order valence-corrected chi connectivity index (χ4v) is 3.10. The molecule has 6 heteroatoms. The van der Waals surface area contributed by atoms with E-state index in [-0.39, 0.29) is 5.91 Å². The van der Waals surface area contributed by atoms with Crippen molar-refractivity contribution >= 4 is 17.2 Å². The second kappa shape index (κ2) is 7.19. The molecule has 3 rings (SSSR count). The van der Waals surface area contributed by atoms with Crippen LogP contribution in [0, 0.1) is 0 Å². The molecule has 0 fully saturated rings. The minimum atomic E-state index is -0.120. The van der Waals surface area contributed by atoms with E-state index in [0.29, 0.717) is 12.2 Å². The third-order valence-corrected chi connectivity index (χ3v) is 4.33. The predicted molar refractivity (Wildman–Crippen MR) is 91.2 cm³/mol. The molecule has 0 radical (unpaired) electrons. The first-order chi connectivity index (χ1) is 11.3. The number of hydrogen-bond donors (Lipinski definition) is 1. The number of aromatic nitrogens is 3. The number of hydrogen-bond acceptors (Lipinski definition) is 4. The Labute approximate surface area is 139 Å². The van der Waals surface area contributed by atoms with Gasteiger partial charge in [-0.2, -0.15) is 5.10 Å². The molecule has 0 aliphatic carbocycles. The molecular weight excluding hydrogens is 308 g/mol. The minimum absolute atomic E-state index is 0.120. The summed E-state index contributed by atoms with van der Waals surface area (Å²) in [5, 5.41) is 10.0. The molecule has 5 nitrogen and oxygen atoms in total. The van der Waals surface area contributed by atoms with Gasteiger partial charge in [-0.05, 0) is 12.5 Å². The number of nitrogens with one attached hydrogen (secondary N) is 1. The van der Waals surface area contributed by atoms with Crippen LogP contribution in [0.1, 0.15) is 29.5 Å². The SMILES string of the molecule is CCCn1nccc1C(=O)NCc1csc(-c2ccccc2)n1. The van der Waals surface area contributed by atoms with Gasteiger partial charge in [-0.15, -0.1) is 11.3 Å².